The second-order valence-electron chi connectivity index (χ2n) is 5.96. The number of carboxylic acid groups (broad SMARTS) is 1. The summed E-state index contributed by atoms with van der Waals surface area (Å²) >= 11 is 0. The Labute approximate surface area is 125 Å². The van der Waals surface area contributed by atoms with E-state index >= 15 is 0 Å². The van der Waals surface area contributed by atoms with Crippen molar-refractivity contribution in [2.75, 3.05) is 24.5 Å². The largest absolute Gasteiger partial charge is 0.480 e. The Kier molecular flexibility index (Phi) is 4.63. The second kappa shape index (κ2) is 6.26. The number of piperidine rings is 1. The van der Waals surface area contributed by atoms with Gasteiger partial charge in [-0.25, -0.2) is 0 Å². The average Bonchev–Trinajstić information content (AvgIpc) is 2.46. The average molecular weight is 290 g/mol. The molecule has 1 heterocycles. The van der Waals surface area contributed by atoms with Crippen molar-refractivity contribution in [2.24, 2.45) is 5.41 Å². The number of nitrogens with one attached hydrogen (secondary N) is 1. The van der Waals surface area contributed by atoms with Gasteiger partial charge in [0, 0.05) is 12.2 Å². The first kappa shape index (κ1) is 15.5. The van der Waals surface area contributed by atoms with Crippen molar-refractivity contribution in [2.45, 2.75) is 26.7 Å². The molecule has 1 aromatic carbocycles. The van der Waals surface area contributed by atoms with Gasteiger partial charge in [-0.3, -0.25) is 9.59 Å². The molecule has 1 aliphatic rings. The molecule has 0 bridgehead atoms. The zero-order chi connectivity index (χ0) is 15.5. The third kappa shape index (κ3) is 3.61. The lowest BCUT2D eigenvalue weighted by atomic mass is 9.81. The van der Waals surface area contributed by atoms with E-state index in [9.17, 15) is 9.59 Å². The molecule has 0 saturated carbocycles. The summed E-state index contributed by atoms with van der Waals surface area (Å²) in [6.07, 6.45) is 1.71. The normalized spacial score (nSPS) is 21.8. The van der Waals surface area contributed by atoms with Crippen LogP contribution < -0.4 is 10.2 Å². The van der Waals surface area contributed by atoms with Crippen LogP contribution in [-0.2, 0) is 9.59 Å². The van der Waals surface area contributed by atoms with Gasteiger partial charge in [-0.2, -0.15) is 0 Å². The zero-order valence-corrected chi connectivity index (χ0v) is 12.6. The van der Waals surface area contributed by atoms with Crippen LogP contribution in [0.25, 0.3) is 0 Å². The quantitative estimate of drug-likeness (QED) is 0.887. The molecular weight excluding hydrogens is 268 g/mol. The number of rotatable bonds is 4. The van der Waals surface area contributed by atoms with Crippen LogP contribution in [0.15, 0.2) is 24.3 Å². The monoisotopic (exact) mass is 290 g/mol. The van der Waals surface area contributed by atoms with Crippen molar-refractivity contribution >= 4 is 17.6 Å². The number of carbonyl (C=O) groups excluding carboxylic acids is 1. The molecule has 1 saturated heterocycles. The summed E-state index contributed by atoms with van der Waals surface area (Å²) in [7, 11) is 0. The minimum Gasteiger partial charge on any atom is -0.480 e. The molecule has 1 aromatic rings. The van der Waals surface area contributed by atoms with Crippen LogP contribution in [0.3, 0.4) is 0 Å². The zero-order valence-electron chi connectivity index (χ0n) is 12.6. The smallest absolute Gasteiger partial charge is 0.323 e. The number of carbonyl (C=O) groups is 2. The Balaban J connectivity index is 2.28. The summed E-state index contributed by atoms with van der Waals surface area (Å²) in [5.74, 6) is -1.13. The maximum atomic E-state index is 12.9. The van der Waals surface area contributed by atoms with Crippen LogP contribution in [0.1, 0.15) is 25.3 Å². The predicted molar refractivity (Wildman–Crippen MR) is 81.4 cm³/mol. The molecule has 0 radical (unpaired) electrons. The van der Waals surface area contributed by atoms with Gasteiger partial charge in [0.25, 0.3) is 0 Å². The fourth-order valence-corrected chi connectivity index (χ4v) is 2.70. The third-order valence-electron chi connectivity index (χ3n) is 4.00. The van der Waals surface area contributed by atoms with Gasteiger partial charge in [0.1, 0.15) is 6.54 Å². The second-order valence-corrected chi connectivity index (χ2v) is 5.96. The topological polar surface area (TPSA) is 69.6 Å². The molecule has 2 rings (SSSR count). The Bertz CT molecular complexity index is 519. The maximum absolute atomic E-state index is 12.9. The van der Waals surface area contributed by atoms with Crippen molar-refractivity contribution in [1.82, 2.24) is 5.32 Å². The van der Waals surface area contributed by atoms with E-state index in [-0.39, 0.29) is 12.5 Å². The summed E-state index contributed by atoms with van der Waals surface area (Å²) < 4.78 is 0. The number of hydrogen-bond acceptors (Lipinski definition) is 3. The fourth-order valence-electron chi connectivity index (χ4n) is 2.70. The molecule has 1 aliphatic heterocycles. The molecule has 5 heteroatoms. The Hall–Kier alpha value is -1.88. The van der Waals surface area contributed by atoms with Crippen molar-refractivity contribution in [3.63, 3.8) is 0 Å². The minimum atomic E-state index is -1.00. The number of anilines is 1. The number of aryl methyl sites for hydroxylation is 1. The van der Waals surface area contributed by atoms with E-state index in [1.807, 2.05) is 26.0 Å². The van der Waals surface area contributed by atoms with Crippen LogP contribution in [0, 0.1) is 12.3 Å². The SMILES string of the molecule is Cc1ccc(N(CC(=O)O)C(=O)C2(C)CCCNC2)cc1. The van der Waals surface area contributed by atoms with Crippen LogP contribution >= 0.6 is 0 Å². The number of carboxylic acids is 1. The summed E-state index contributed by atoms with van der Waals surface area (Å²) in [5, 5.41) is 12.4. The van der Waals surface area contributed by atoms with Crippen LogP contribution in [0.2, 0.25) is 0 Å². The molecular formula is C16H22N2O3. The molecule has 0 spiro atoms. The molecule has 0 aliphatic carbocycles. The molecule has 1 unspecified atom stereocenters. The lowest BCUT2D eigenvalue weighted by molar-refractivity contribution is -0.138. The van der Waals surface area contributed by atoms with Gasteiger partial charge >= 0.3 is 5.97 Å². The lowest BCUT2D eigenvalue weighted by Crippen LogP contribution is -2.51. The van der Waals surface area contributed by atoms with E-state index in [4.69, 9.17) is 5.11 Å². The summed E-state index contributed by atoms with van der Waals surface area (Å²) in [6, 6.07) is 7.38. The van der Waals surface area contributed by atoms with Gasteiger partial charge in [0.05, 0.1) is 5.41 Å². The highest BCUT2D eigenvalue weighted by molar-refractivity contribution is 6.00. The molecule has 2 N–H and O–H groups in total. The van der Waals surface area contributed by atoms with Gasteiger partial charge in [-0.15, -0.1) is 0 Å². The van der Waals surface area contributed by atoms with E-state index < -0.39 is 11.4 Å². The molecule has 1 amide bonds. The first-order chi connectivity index (χ1) is 9.92. The minimum absolute atomic E-state index is 0.124. The number of hydrogen-bond donors (Lipinski definition) is 2. The fraction of sp³-hybridized carbons (Fsp3) is 0.500. The number of amides is 1. The molecule has 5 nitrogen and oxygen atoms in total. The van der Waals surface area contributed by atoms with E-state index in [1.165, 1.54) is 4.90 Å². The molecule has 21 heavy (non-hydrogen) atoms. The molecule has 114 valence electrons. The number of nitrogens with zero attached hydrogens (tertiary/aromatic N) is 1. The summed E-state index contributed by atoms with van der Waals surface area (Å²) in [4.78, 5) is 25.4. The maximum Gasteiger partial charge on any atom is 0.323 e. The Morgan fingerprint density at radius 2 is 2.00 bits per heavy atom. The van der Waals surface area contributed by atoms with Crippen LogP contribution in [0.4, 0.5) is 5.69 Å². The van der Waals surface area contributed by atoms with Gasteiger partial charge in [0.2, 0.25) is 5.91 Å². The Morgan fingerprint density at radius 3 is 2.52 bits per heavy atom. The molecule has 1 atom stereocenters. The van der Waals surface area contributed by atoms with E-state index in [1.54, 1.807) is 12.1 Å². The lowest BCUT2D eigenvalue weighted by Gasteiger charge is -2.37. The van der Waals surface area contributed by atoms with E-state index in [0.29, 0.717) is 12.2 Å². The van der Waals surface area contributed by atoms with Gasteiger partial charge in [-0.05, 0) is 45.4 Å². The van der Waals surface area contributed by atoms with E-state index in [2.05, 4.69) is 5.32 Å². The van der Waals surface area contributed by atoms with Crippen molar-refractivity contribution < 1.29 is 14.7 Å². The Morgan fingerprint density at radius 1 is 1.33 bits per heavy atom. The highest BCUT2D eigenvalue weighted by atomic mass is 16.4. The van der Waals surface area contributed by atoms with Crippen molar-refractivity contribution in [3.8, 4) is 0 Å². The van der Waals surface area contributed by atoms with Crippen LogP contribution in [-0.4, -0.2) is 36.6 Å². The van der Waals surface area contributed by atoms with Gasteiger partial charge < -0.3 is 15.3 Å². The predicted octanol–water partition coefficient (Wildman–Crippen LogP) is 1.80. The number of aliphatic carboxylic acids is 1. The first-order valence-electron chi connectivity index (χ1n) is 7.23. The first-order valence-corrected chi connectivity index (χ1v) is 7.23. The van der Waals surface area contributed by atoms with Crippen LogP contribution in [0.5, 0.6) is 0 Å². The highest BCUT2D eigenvalue weighted by Crippen LogP contribution is 2.30. The van der Waals surface area contributed by atoms with Gasteiger partial charge in [0.15, 0.2) is 0 Å². The van der Waals surface area contributed by atoms with Crippen molar-refractivity contribution in [3.05, 3.63) is 29.8 Å². The summed E-state index contributed by atoms with van der Waals surface area (Å²) in [5.41, 5.74) is 1.17. The summed E-state index contributed by atoms with van der Waals surface area (Å²) in [6.45, 7) is 5.06. The van der Waals surface area contributed by atoms with Gasteiger partial charge in [-0.1, -0.05) is 17.7 Å². The highest BCUT2D eigenvalue weighted by Gasteiger charge is 2.38. The van der Waals surface area contributed by atoms with Crippen molar-refractivity contribution in [1.29, 1.82) is 0 Å². The molecule has 1 fully saturated rings. The third-order valence-corrected chi connectivity index (χ3v) is 4.00. The number of benzene rings is 1. The standard InChI is InChI=1S/C16H22N2O3/c1-12-4-6-13(7-5-12)18(10-14(19)20)15(21)16(2)8-3-9-17-11-16/h4-7,17H,3,8-11H2,1-2H3,(H,19,20). The molecule has 0 aromatic heterocycles. The van der Waals surface area contributed by atoms with E-state index in [0.717, 1.165) is 24.9 Å².